The van der Waals surface area contributed by atoms with Crippen LogP contribution in [0.25, 0.3) is 0 Å². The first kappa shape index (κ1) is 27.5. The number of amides is 5. The number of carbonyl (C=O) groups is 4. The van der Waals surface area contributed by atoms with Crippen LogP contribution >= 0.6 is 11.6 Å². The summed E-state index contributed by atoms with van der Waals surface area (Å²) in [6, 6.07) is 9.57. The number of rotatable bonds is 11. The van der Waals surface area contributed by atoms with E-state index in [1.165, 1.54) is 4.90 Å². The van der Waals surface area contributed by atoms with Crippen LogP contribution in [0.15, 0.2) is 36.4 Å². The van der Waals surface area contributed by atoms with E-state index in [-0.39, 0.29) is 31.3 Å². The van der Waals surface area contributed by atoms with Crippen LogP contribution in [0.5, 0.6) is 0 Å². The summed E-state index contributed by atoms with van der Waals surface area (Å²) in [5.74, 6) is -1.00. The third-order valence-corrected chi connectivity index (χ3v) is 6.71. The van der Waals surface area contributed by atoms with Gasteiger partial charge in [0.25, 0.3) is 5.91 Å². The van der Waals surface area contributed by atoms with Gasteiger partial charge < -0.3 is 25.1 Å². The highest BCUT2D eigenvalue weighted by molar-refractivity contribution is 6.31. The highest BCUT2D eigenvalue weighted by atomic mass is 35.5. The fourth-order valence-electron chi connectivity index (χ4n) is 4.42. The van der Waals surface area contributed by atoms with Gasteiger partial charge in [0.15, 0.2) is 0 Å². The van der Waals surface area contributed by atoms with Crippen molar-refractivity contribution in [2.24, 2.45) is 0 Å². The molecule has 38 heavy (non-hydrogen) atoms. The van der Waals surface area contributed by atoms with Crippen molar-refractivity contribution >= 4 is 41.0 Å². The molecule has 1 unspecified atom stereocenters. The molecular formula is C26H30ClN5O6. The zero-order valence-corrected chi connectivity index (χ0v) is 21.7. The molecule has 0 spiro atoms. The Morgan fingerprint density at radius 2 is 2.00 bits per heavy atom. The summed E-state index contributed by atoms with van der Waals surface area (Å²) < 4.78 is 5.51. The van der Waals surface area contributed by atoms with Crippen molar-refractivity contribution in [1.82, 2.24) is 21.0 Å². The molecule has 2 aromatic carbocycles. The summed E-state index contributed by atoms with van der Waals surface area (Å²) in [5.41, 5.74) is 6.28. The molecule has 2 aliphatic rings. The summed E-state index contributed by atoms with van der Waals surface area (Å²) in [6.45, 7) is 2.14. The van der Waals surface area contributed by atoms with Gasteiger partial charge >= 0.3 is 6.03 Å². The summed E-state index contributed by atoms with van der Waals surface area (Å²) in [4.78, 5) is 55.2. The third kappa shape index (κ3) is 6.87. The topological polar surface area (TPSA) is 138 Å². The number of nitrogens with zero attached hydrogens (tertiary/aromatic N) is 1. The van der Waals surface area contributed by atoms with Gasteiger partial charge in [0.1, 0.15) is 6.04 Å². The Morgan fingerprint density at radius 3 is 2.76 bits per heavy atom. The maximum Gasteiger partial charge on any atom is 0.319 e. The molecule has 2 aromatic rings. The first-order valence-electron chi connectivity index (χ1n) is 12.3. The maximum atomic E-state index is 12.8. The van der Waals surface area contributed by atoms with Crippen molar-refractivity contribution in [2.75, 3.05) is 32.2 Å². The molecular weight excluding hydrogens is 514 g/mol. The van der Waals surface area contributed by atoms with Crippen LogP contribution in [0.4, 0.5) is 10.5 Å². The number of piperidine rings is 1. The van der Waals surface area contributed by atoms with Crippen LogP contribution in [0.3, 0.4) is 0 Å². The van der Waals surface area contributed by atoms with Gasteiger partial charge in [0.2, 0.25) is 11.8 Å². The monoisotopic (exact) mass is 543 g/mol. The Balaban J connectivity index is 1.26. The molecule has 11 nitrogen and oxygen atoms in total. The summed E-state index contributed by atoms with van der Waals surface area (Å²) in [5, 5.41) is 8.39. The molecule has 5 amide bonds. The first-order chi connectivity index (χ1) is 18.4. The van der Waals surface area contributed by atoms with Crippen LogP contribution in [0.1, 0.15) is 39.9 Å². The summed E-state index contributed by atoms with van der Waals surface area (Å²) in [7, 11) is 1.55. The zero-order valence-electron chi connectivity index (χ0n) is 21.0. The van der Waals surface area contributed by atoms with Gasteiger partial charge in [0, 0.05) is 42.3 Å². The van der Waals surface area contributed by atoms with E-state index in [0.717, 1.165) is 16.7 Å². The highest BCUT2D eigenvalue weighted by Gasteiger charge is 2.39. The molecule has 12 heteroatoms. The second-order valence-electron chi connectivity index (χ2n) is 8.97. The maximum absolute atomic E-state index is 12.8. The normalized spacial score (nSPS) is 16.8. The second kappa shape index (κ2) is 12.8. The Morgan fingerprint density at radius 1 is 1.16 bits per heavy atom. The van der Waals surface area contributed by atoms with Crippen LogP contribution in [-0.2, 0) is 38.7 Å². The lowest BCUT2D eigenvalue weighted by atomic mass is 10.0. The fraction of sp³-hybridized carbons (Fsp3) is 0.385. The van der Waals surface area contributed by atoms with Crippen LogP contribution < -0.4 is 21.4 Å². The largest absolute Gasteiger partial charge is 0.380 e. The lowest BCUT2D eigenvalue weighted by molar-refractivity contribution is -0.136. The number of halogens is 1. The average molecular weight is 544 g/mol. The van der Waals surface area contributed by atoms with Gasteiger partial charge in [-0.05, 0) is 47.7 Å². The number of hydroxylamine groups is 1. The van der Waals surface area contributed by atoms with E-state index in [4.69, 9.17) is 21.2 Å². The van der Waals surface area contributed by atoms with Gasteiger partial charge in [0.05, 0.1) is 20.3 Å². The quantitative estimate of drug-likeness (QED) is 0.193. The van der Waals surface area contributed by atoms with Crippen LogP contribution in [0.2, 0.25) is 5.02 Å². The third-order valence-electron chi connectivity index (χ3n) is 6.36. The predicted octanol–water partition coefficient (Wildman–Crippen LogP) is 2.13. The summed E-state index contributed by atoms with van der Waals surface area (Å²) in [6.07, 6.45) is 1.15. The van der Waals surface area contributed by atoms with Crippen LogP contribution in [0, 0.1) is 0 Å². The standard InChI is InChI=1S/C26H30ClN5O6/c1-37-29-9-11-38-10-8-17-3-4-19(13-21(17)27)30-26(36)28-14-16-2-5-20-18(12-16)15-32(25(20)35)22-6-7-23(33)31-24(22)34/h2-5,12-13,22,29H,6-11,14-15H2,1H3,(H2,28,30,36)(H,31,33,34). The predicted molar refractivity (Wildman–Crippen MR) is 139 cm³/mol. The first-order valence-corrected chi connectivity index (χ1v) is 12.7. The number of nitrogens with one attached hydrogen (secondary N) is 4. The minimum Gasteiger partial charge on any atom is -0.380 e. The molecule has 0 aromatic heterocycles. The molecule has 1 atom stereocenters. The number of hydrogen-bond acceptors (Lipinski definition) is 7. The second-order valence-corrected chi connectivity index (χ2v) is 9.37. The number of imide groups is 1. The molecule has 0 bridgehead atoms. The molecule has 4 N–H and O–H groups in total. The number of anilines is 1. The Kier molecular flexibility index (Phi) is 9.29. The van der Waals surface area contributed by atoms with Crippen molar-refractivity contribution < 1.29 is 28.8 Å². The van der Waals surface area contributed by atoms with Crippen molar-refractivity contribution in [1.29, 1.82) is 0 Å². The van der Waals surface area contributed by atoms with E-state index < -0.39 is 18.0 Å². The molecule has 2 heterocycles. The van der Waals surface area contributed by atoms with Gasteiger partial charge in [-0.15, -0.1) is 0 Å². The van der Waals surface area contributed by atoms with E-state index in [1.807, 2.05) is 12.1 Å². The number of hydrogen-bond donors (Lipinski definition) is 4. The average Bonchev–Trinajstić information content (AvgIpc) is 3.21. The smallest absolute Gasteiger partial charge is 0.319 e. The van der Waals surface area contributed by atoms with E-state index >= 15 is 0 Å². The number of benzene rings is 2. The van der Waals surface area contributed by atoms with Gasteiger partial charge in [-0.25, -0.2) is 10.3 Å². The van der Waals surface area contributed by atoms with Crippen molar-refractivity contribution in [3.8, 4) is 0 Å². The Hall–Kier alpha value is -3.51. The molecule has 202 valence electrons. The molecule has 4 rings (SSSR count). The number of urea groups is 1. The number of carbonyl (C=O) groups excluding carboxylic acids is 4. The SMILES string of the molecule is CONCCOCCc1ccc(NC(=O)NCc2ccc3c(c2)CN(C2CCC(=O)NC2=O)C3=O)cc1Cl. The van der Waals surface area contributed by atoms with Crippen molar-refractivity contribution in [3.63, 3.8) is 0 Å². The molecule has 0 radical (unpaired) electrons. The molecule has 1 saturated heterocycles. The summed E-state index contributed by atoms with van der Waals surface area (Å²) >= 11 is 6.37. The minimum absolute atomic E-state index is 0.205. The lowest BCUT2D eigenvalue weighted by Crippen LogP contribution is -2.52. The van der Waals surface area contributed by atoms with Gasteiger partial charge in [-0.2, -0.15) is 0 Å². The number of ether oxygens (including phenoxy) is 1. The Labute approximate surface area is 225 Å². The highest BCUT2D eigenvalue weighted by Crippen LogP contribution is 2.28. The van der Waals surface area contributed by atoms with E-state index in [1.54, 1.807) is 31.4 Å². The Bertz CT molecular complexity index is 1220. The molecule has 0 aliphatic carbocycles. The fourth-order valence-corrected chi connectivity index (χ4v) is 4.70. The molecule has 2 aliphatic heterocycles. The molecule has 0 saturated carbocycles. The van der Waals surface area contributed by atoms with Gasteiger partial charge in [-0.1, -0.05) is 29.8 Å². The molecule has 1 fully saturated rings. The van der Waals surface area contributed by atoms with E-state index in [0.29, 0.717) is 48.9 Å². The lowest BCUT2D eigenvalue weighted by Gasteiger charge is -2.29. The van der Waals surface area contributed by atoms with E-state index in [2.05, 4.69) is 21.4 Å². The van der Waals surface area contributed by atoms with Crippen molar-refractivity contribution in [3.05, 3.63) is 63.7 Å². The van der Waals surface area contributed by atoms with Crippen molar-refractivity contribution in [2.45, 2.75) is 38.4 Å². The number of fused-ring (bicyclic) bond motifs is 1. The van der Waals surface area contributed by atoms with Gasteiger partial charge in [-0.3, -0.25) is 19.7 Å². The van der Waals surface area contributed by atoms with E-state index in [9.17, 15) is 19.2 Å². The minimum atomic E-state index is -0.663. The van der Waals surface area contributed by atoms with Crippen LogP contribution in [-0.4, -0.2) is 61.6 Å². The zero-order chi connectivity index (χ0) is 27.1.